The molecule has 0 aliphatic rings. The van der Waals surface area contributed by atoms with Crippen molar-refractivity contribution in [2.24, 2.45) is 0 Å². The molecular formula is C50H29Br3F6N8O6. The normalized spacial score (nSPS) is 11.3. The van der Waals surface area contributed by atoms with E-state index in [4.69, 9.17) is 14.7 Å². The molecule has 0 amide bonds. The molecule has 0 unspecified atom stereocenters. The highest BCUT2D eigenvalue weighted by atomic mass is 79.9. The van der Waals surface area contributed by atoms with E-state index in [0.29, 0.717) is 38.5 Å². The largest absolute Gasteiger partial charge is 0.438 e. The van der Waals surface area contributed by atoms with Gasteiger partial charge in [0.15, 0.2) is 5.75 Å². The molecule has 4 aromatic carbocycles. The molecule has 14 nitrogen and oxygen atoms in total. The fourth-order valence-corrected chi connectivity index (χ4v) is 7.83. The summed E-state index contributed by atoms with van der Waals surface area (Å²) >= 11 is 10.0. The van der Waals surface area contributed by atoms with E-state index in [2.05, 4.69) is 82.6 Å². The Morgan fingerprint density at radius 3 is 1.38 bits per heavy atom. The smallest absolute Gasteiger partial charge is 0.421 e. The van der Waals surface area contributed by atoms with E-state index < -0.39 is 46.4 Å². The second kappa shape index (κ2) is 22.3. The lowest BCUT2D eigenvalue weighted by molar-refractivity contribution is -0.139. The van der Waals surface area contributed by atoms with E-state index in [0.717, 1.165) is 26.6 Å². The van der Waals surface area contributed by atoms with Crippen LogP contribution in [0.1, 0.15) is 11.1 Å². The van der Waals surface area contributed by atoms with Crippen LogP contribution in [0.5, 0.6) is 29.0 Å². The molecule has 1 N–H and O–H groups in total. The molecule has 0 atom stereocenters. The molecule has 0 radical (unpaired) electrons. The lowest BCUT2D eigenvalue weighted by atomic mass is 10.1. The number of nitrogens with zero attached hydrogens (tertiary/aromatic N) is 8. The number of rotatable bonds is 8. The Labute approximate surface area is 432 Å². The summed E-state index contributed by atoms with van der Waals surface area (Å²) in [6, 6.07) is 34.4. The third kappa shape index (κ3) is 12.3. The monoisotopic (exact) mass is 1190 g/mol. The molecule has 10 rings (SSSR count). The van der Waals surface area contributed by atoms with Gasteiger partial charge in [0.25, 0.3) is 11.1 Å². The number of halogens is 9. The lowest BCUT2D eigenvalue weighted by Gasteiger charge is -2.15. The Morgan fingerprint density at radius 2 is 0.904 bits per heavy atom. The topological polar surface area (TPSA) is 169 Å². The number of pyridine rings is 4. The van der Waals surface area contributed by atoms with Crippen molar-refractivity contribution in [1.29, 1.82) is 0 Å². The molecule has 23 heteroatoms. The van der Waals surface area contributed by atoms with Crippen molar-refractivity contribution in [3.8, 4) is 51.6 Å². The predicted molar refractivity (Wildman–Crippen MR) is 267 cm³/mol. The molecule has 10 aromatic rings. The van der Waals surface area contributed by atoms with Gasteiger partial charge in [0.1, 0.15) is 39.9 Å². The highest BCUT2D eigenvalue weighted by molar-refractivity contribution is 9.11. The van der Waals surface area contributed by atoms with Gasteiger partial charge in [0.2, 0.25) is 11.8 Å². The van der Waals surface area contributed by atoms with Crippen LogP contribution in [0.25, 0.3) is 44.4 Å². The molecular weight excluding hydrogens is 1160 g/mol. The van der Waals surface area contributed by atoms with Crippen molar-refractivity contribution in [2.45, 2.75) is 12.4 Å². The van der Waals surface area contributed by atoms with Crippen LogP contribution in [0.3, 0.4) is 0 Å². The zero-order chi connectivity index (χ0) is 51.9. The standard InChI is InChI=1S/C25H14BrF3N4O2.C19H10BrF3N4O2.C6H5BrO2/c26-16-7-5-15(6-8-16)22-21(4-2-11-30-22)33-14-32-23(34)18-13-17(9-10-20(18)33)35-24-19(25(27,28)29)3-1-12-31-24;20-16-15(4-2-7-24-16)27-10-26-17(28)12-9-11(5-6-14(12)27)29-18-13(19(21,22)23)3-1-8-25-18;7-5-1-3-6(9-8)4-2-5/h1-14H;1-10H;1-4,8H. The molecule has 0 saturated heterocycles. The van der Waals surface area contributed by atoms with Gasteiger partial charge < -0.3 is 14.4 Å². The SMILES string of the molecule is O=c1ncn(-c2cccnc2-c2ccc(Br)cc2)c2ccc(Oc3ncccc3C(F)(F)F)cc12.O=c1ncn(-c2cccnc2Br)c2ccc(Oc3ncccc3C(F)(F)F)cc12.OOc1ccc(Br)cc1. The molecule has 0 spiro atoms. The summed E-state index contributed by atoms with van der Waals surface area (Å²) in [5, 5.41) is 8.45. The van der Waals surface area contributed by atoms with E-state index in [-0.39, 0.29) is 22.3 Å². The number of alkyl halides is 6. The number of hydrogen-bond acceptors (Lipinski definition) is 12. The first-order valence-corrected chi connectivity index (χ1v) is 23.2. The molecule has 0 bridgehead atoms. The minimum absolute atomic E-state index is 0.0256. The molecule has 6 aromatic heterocycles. The maximum atomic E-state index is 13.3. The van der Waals surface area contributed by atoms with Gasteiger partial charge in [0, 0.05) is 39.3 Å². The Morgan fingerprint density at radius 1 is 0.479 bits per heavy atom. The summed E-state index contributed by atoms with van der Waals surface area (Å²) in [6.07, 6.45) is -0.858. The van der Waals surface area contributed by atoms with Gasteiger partial charge in [-0.3, -0.25) is 23.7 Å². The fourth-order valence-electron chi connectivity index (χ4n) is 6.86. The van der Waals surface area contributed by atoms with Gasteiger partial charge in [0.05, 0.1) is 38.9 Å². The number of aromatic nitrogens is 8. The number of benzene rings is 4. The summed E-state index contributed by atoms with van der Waals surface area (Å²) < 4.78 is 95.9. The number of fused-ring (bicyclic) bond motifs is 2. The summed E-state index contributed by atoms with van der Waals surface area (Å²) in [6.45, 7) is 0. The van der Waals surface area contributed by atoms with Crippen molar-refractivity contribution in [3.63, 3.8) is 0 Å². The molecule has 0 fully saturated rings. The van der Waals surface area contributed by atoms with E-state index in [1.807, 2.05) is 30.3 Å². The summed E-state index contributed by atoms with van der Waals surface area (Å²) in [7, 11) is 0. The van der Waals surface area contributed by atoms with Crippen LogP contribution in [0, 0.1) is 0 Å². The highest BCUT2D eigenvalue weighted by Gasteiger charge is 2.36. The van der Waals surface area contributed by atoms with Crippen LogP contribution in [0.2, 0.25) is 0 Å². The third-order valence-corrected chi connectivity index (χ3v) is 11.8. The van der Waals surface area contributed by atoms with Crippen molar-refractivity contribution in [1.82, 2.24) is 39.0 Å². The first-order valence-electron chi connectivity index (χ1n) is 20.8. The average Bonchev–Trinajstić information content (AvgIpc) is 3.38. The van der Waals surface area contributed by atoms with Gasteiger partial charge in [-0.1, -0.05) is 44.0 Å². The van der Waals surface area contributed by atoms with Crippen LogP contribution in [0.4, 0.5) is 26.3 Å². The Hall–Kier alpha value is -7.86. The first-order chi connectivity index (χ1) is 35.0. The van der Waals surface area contributed by atoms with Gasteiger partial charge in [-0.05, 0) is 137 Å². The summed E-state index contributed by atoms with van der Waals surface area (Å²) in [4.78, 5) is 52.6. The van der Waals surface area contributed by atoms with Gasteiger partial charge in [-0.15, -0.1) is 0 Å². The lowest BCUT2D eigenvalue weighted by Crippen LogP contribution is -2.12. The van der Waals surface area contributed by atoms with E-state index in [9.17, 15) is 35.9 Å². The van der Waals surface area contributed by atoms with E-state index in [1.165, 1.54) is 61.4 Å². The second-order valence-corrected chi connectivity index (χ2v) is 17.4. The Bertz CT molecular complexity index is 3720. The van der Waals surface area contributed by atoms with E-state index >= 15 is 0 Å². The zero-order valence-corrected chi connectivity index (χ0v) is 41.4. The number of hydrogen-bond donors (Lipinski definition) is 1. The first kappa shape index (κ1) is 51.5. The van der Waals surface area contributed by atoms with Gasteiger partial charge >= 0.3 is 12.4 Å². The number of ether oxygens (including phenoxy) is 2. The summed E-state index contributed by atoms with van der Waals surface area (Å²) in [5.74, 6) is -0.702. The minimum atomic E-state index is -4.64. The predicted octanol–water partition coefficient (Wildman–Crippen LogP) is 13.5. The van der Waals surface area contributed by atoms with Crippen LogP contribution in [0.15, 0.2) is 194 Å². The van der Waals surface area contributed by atoms with Crippen molar-refractivity contribution < 1.29 is 46.0 Å². The quantitative estimate of drug-likeness (QED) is 0.0662. The second-order valence-electron chi connectivity index (χ2n) is 14.8. The van der Waals surface area contributed by atoms with E-state index in [1.54, 1.807) is 76.1 Å². The van der Waals surface area contributed by atoms with Crippen LogP contribution in [-0.4, -0.2) is 44.3 Å². The molecule has 0 saturated carbocycles. The van der Waals surface area contributed by atoms with Crippen molar-refractivity contribution >= 4 is 69.6 Å². The molecule has 73 heavy (non-hydrogen) atoms. The third-order valence-electron chi connectivity index (χ3n) is 10.2. The van der Waals surface area contributed by atoms with Crippen LogP contribution < -0.4 is 25.5 Å². The van der Waals surface area contributed by atoms with Crippen molar-refractivity contribution in [2.75, 3.05) is 0 Å². The maximum Gasteiger partial charge on any atom is 0.421 e. The molecule has 0 aliphatic heterocycles. The summed E-state index contributed by atoms with van der Waals surface area (Å²) in [5.41, 5.74) is 0.686. The van der Waals surface area contributed by atoms with Crippen LogP contribution >= 0.6 is 47.8 Å². The zero-order valence-electron chi connectivity index (χ0n) is 36.6. The highest BCUT2D eigenvalue weighted by Crippen LogP contribution is 2.39. The van der Waals surface area contributed by atoms with Gasteiger partial charge in [-0.2, -0.15) is 36.3 Å². The maximum absolute atomic E-state index is 13.3. The molecule has 0 aliphatic carbocycles. The fraction of sp³-hybridized carbons (Fsp3) is 0.0400. The molecule has 368 valence electrons. The Balaban J connectivity index is 0.000000168. The van der Waals surface area contributed by atoms with Crippen molar-refractivity contribution in [3.05, 3.63) is 216 Å². The molecule has 6 heterocycles. The minimum Gasteiger partial charge on any atom is -0.438 e. The average molecular weight is 1190 g/mol. The van der Waals surface area contributed by atoms with Gasteiger partial charge in [-0.25, -0.2) is 20.2 Å². The van der Waals surface area contributed by atoms with Crippen LogP contribution in [-0.2, 0) is 12.4 Å². The Kier molecular flexibility index (Phi) is 15.7.